The summed E-state index contributed by atoms with van der Waals surface area (Å²) >= 11 is 9.22. The van der Waals surface area contributed by atoms with Crippen LogP contribution in [-0.4, -0.2) is 0 Å². The molecule has 88 valence electrons. The molecule has 0 heterocycles. The molecule has 2 aromatic carbocycles. The van der Waals surface area contributed by atoms with E-state index in [1.807, 2.05) is 0 Å². The fourth-order valence-electron chi connectivity index (χ4n) is 1.40. The summed E-state index contributed by atoms with van der Waals surface area (Å²) in [6, 6.07) is 11.5. The Balaban J connectivity index is 2.33. The van der Waals surface area contributed by atoms with Crippen LogP contribution in [0.25, 0.3) is 0 Å². The number of benzene rings is 2. The van der Waals surface area contributed by atoms with Crippen LogP contribution in [-0.2, 0) is 5.33 Å². The van der Waals surface area contributed by atoms with Crippen LogP contribution in [0.15, 0.2) is 42.5 Å². The summed E-state index contributed by atoms with van der Waals surface area (Å²) in [5, 5.41) is 1.22. The number of para-hydroxylation sites is 1. The number of ether oxygens (including phenoxy) is 1. The number of hydrogen-bond donors (Lipinski definition) is 0. The lowest BCUT2D eigenvalue weighted by Gasteiger charge is -2.10. The molecule has 2 rings (SSSR count). The first-order valence-corrected chi connectivity index (χ1v) is 6.47. The van der Waals surface area contributed by atoms with Gasteiger partial charge >= 0.3 is 0 Å². The number of rotatable bonds is 3. The third-order valence-electron chi connectivity index (χ3n) is 2.22. The molecule has 0 aliphatic rings. The molecule has 17 heavy (non-hydrogen) atoms. The molecule has 0 radical (unpaired) electrons. The molecule has 0 atom stereocenters. The van der Waals surface area contributed by atoms with E-state index in [0.717, 1.165) is 5.56 Å². The Kier molecular flexibility index (Phi) is 4.02. The van der Waals surface area contributed by atoms with Crippen molar-refractivity contribution in [2.75, 3.05) is 0 Å². The molecule has 2 aromatic rings. The van der Waals surface area contributed by atoms with Gasteiger partial charge in [0.05, 0.1) is 0 Å². The average molecular weight is 316 g/mol. The number of hydrogen-bond acceptors (Lipinski definition) is 1. The van der Waals surface area contributed by atoms with Gasteiger partial charge in [-0.05, 0) is 30.3 Å². The molecule has 0 aromatic heterocycles. The van der Waals surface area contributed by atoms with E-state index in [2.05, 4.69) is 15.9 Å². The topological polar surface area (TPSA) is 9.23 Å². The van der Waals surface area contributed by atoms with Gasteiger partial charge in [-0.2, -0.15) is 0 Å². The van der Waals surface area contributed by atoms with Crippen LogP contribution in [0.5, 0.6) is 11.5 Å². The van der Waals surface area contributed by atoms with E-state index in [-0.39, 0.29) is 11.6 Å². The lowest BCUT2D eigenvalue weighted by molar-refractivity contribution is 0.439. The largest absolute Gasteiger partial charge is 0.454 e. The van der Waals surface area contributed by atoms with Crippen LogP contribution < -0.4 is 4.74 Å². The molecule has 0 N–H and O–H groups in total. The maximum absolute atomic E-state index is 13.4. The van der Waals surface area contributed by atoms with E-state index >= 15 is 0 Å². The lowest BCUT2D eigenvalue weighted by atomic mass is 10.2. The van der Waals surface area contributed by atoms with Gasteiger partial charge < -0.3 is 4.74 Å². The monoisotopic (exact) mass is 314 g/mol. The van der Waals surface area contributed by atoms with Crippen molar-refractivity contribution in [1.82, 2.24) is 0 Å². The maximum Gasteiger partial charge on any atom is 0.165 e. The Hall–Kier alpha value is -1.06. The zero-order valence-corrected chi connectivity index (χ0v) is 11.1. The molecule has 0 amide bonds. The molecule has 0 spiro atoms. The minimum absolute atomic E-state index is 0.206. The Morgan fingerprint density at radius 2 is 1.88 bits per heavy atom. The zero-order valence-electron chi connectivity index (χ0n) is 8.79. The van der Waals surface area contributed by atoms with Crippen LogP contribution >= 0.6 is 27.5 Å². The minimum atomic E-state index is -0.386. The summed E-state index contributed by atoms with van der Waals surface area (Å²) in [7, 11) is 0. The quantitative estimate of drug-likeness (QED) is 0.710. The molecule has 0 saturated carbocycles. The van der Waals surface area contributed by atoms with Gasteiger partial charge in [0, 0.05) is 15.9 Å². The second-order valence-electron chi connectivity index (χ2n) is 3.42. The van der Waals surface area contributed by atoms with Crippen molar-refractivity contribution >= 4 is 27.5 Å². The Bertz CT molecular complexity index is 531. The molecule has 0 saturated heterocycles. The summed E-state index contributed by atoms with van der Waals surface area (Å²) in [6.07, 6.45) is 0. The van der Waals surface area contributed by atoms with Crippen molar-refractivity contribution in [1.29, 1.82) is 0 Å². The van der Waals surface area contributed by atoms with Crippen LogP contribution in [0.3, 0.4) is 0 Å². The highest BCUT2D eigenvalue weighted by Gasteiger charge is 2.07. The first kappa shape index (κ1) is 12.4. The van der Waals surface area contributed by atoms with E-state index in [9.17, 15) is 4.39 Å². The molecule has 0 fully saturated rings. The highest BCUT2D eigenvalue weighted by Crippen LogP contribution is 2.30. The first-order valence-electron chi connectivity index (χ1n) is 4.97. The smallest absolute Gasteiger partial charge is 0.165 e. The molecular weight excluding hydrogens is 306 g/mol. The van der Waals surface area contributed by atoms with Gasteiger partial charge in [-0.15, -0.1) is 0 Å². The third-order valence-corrected chi connectivity index (χ3v) is 3.06. The second-order valence-corrected chi connectivity index (χ2v) is 4.42. The van der Waals surface area contributed by atoms with Gasteiger partial charge in [-0.1, -0.05) is 39.7 Å². The number of halogens is 3. The Labute approximate surface area is 112 Å². The molecule has 0 unspecified atom stereocenters. The third kappa shape index (κ3) is 2.99. The van der Waals surface area contributed by atoms with Crippen LogP contribution in [0.1, 0.15) is 5.56 Å². The molecule has 1 nitrogen and oxygen atoms in total. The van der Waals surface area contributed by atoms with E-state index in [1.54, 1.807) is 36.4 Å². The van der Waals surface area contributed by atoms with Gasteiger partial charge in [0.2, 0.25) is 0 Å². The Morgan fingerprint density at radius 1 is 1.12 bits per heavy atom. The minimum Gasteiger partial charge on any atom is -0.454 e. The van der Waals surface area contributed by atoms with Crippen LogP contribution in [0, 0.1) is 5.82 Å². The fourth-order valence-corrected chi connectivity index (χ4v) is 2.03. The summed E-state index contributed by atoms with van der Waals surface area (Å²) in [6.45, 7) is 0. The molecule has 0 aliphatic heterocycles. The van der Waals surface area contributed by atoms with E-state index in [0.29, 0.717) is 16.1 Å². The summed E-state index contributed by atoms with van der Waals surface area (Å²) in [5.41, 5.74) is 0.876. The second kappa shape index (κ2) is 5.52. The van der Waals surface area contributed by atoms with E-state index in [4.69, 9.17) is 16.3 Å². The van der Waals surface area contributed by atoms with E-state index < -0.39 is 0 Å². The van der Waals surface area contributed by atoms with Crippen molar-refractivity contribution in [3.63, 3.8) is 0 Å². The van der Waals surface area contributed by atoms with Gasteiger partial charge in [0.15, 0.2) is 11.6 Å². The van der Waals surface area contributed by atoms with Crippen molar-refractivity contribution in [3.8, 4) is 11.5 Å². The Morgan fingerprint density at radius 3 is 2.59 bits per heavy atom. The summed E-state index contributed by atoms with van der Waals surface area (Å²) in [4.78, 5) is 0. The van der Waals surface area contributed by atoms with Crippen molar-refractivity contribution in [3.05, 3.63) is 58.9 Å². The van der Waals surface area contributed by atoms with Crippen molar-refractivity contribution < 1.29 is 9.13 Å². The van der Waals surface area contributed by atoms with Gasteiger partial charge in [-0.3, -0.25) is 0 Å². The SMILES string of the molecule is Fc1ccccc1Oc1ccc(Cl)cc1CBr. The molecule has 4 heteroatoms. The lowest BCUT2D eigenvalue weighted by Crippen LogP contribution is -1.91. The highest BCUT2D eigenvalue weighted by atomic mass is 79.9. The van der Waals surface area contributed by atoms with Crippen molar-refractivity contribution in [2.24, 2.45) is 0 Å². The van der Waals surface area contributed by atoms with Gasteiger partial charge in [0.1, 0.15) is 5.75 Å². The van der Waals surface area contributed by atoms with E-state index in [1.165, 1.54) is 6.07 Å². The molecular formula is C13H9BrClFO. The highest BCUT2D eigenvalue weighted by molar-refractivity contribution is 9.08. The maximum atomic E-state index is 13.4. The normalized spacial score (nSPS) is 10.3. The van der Waals surface area contributed by atoms with Crippen LogP contribution in [0.4, 0.5) is 4.39 Å². The van der Waals surface area contributed by atoms with Crippen molar-refractivity contribution in [2.45, 2.75) is 5.33 Å². The predicted molar refractivity (Wildman–Crippen MR) is 70.6 cm³/mol. The fraction of sp³-hybridized carbons (Fsp3) is 0.0769. The predicted octanol–water partition coefficient (Wildman–Crippen LogP) is 5.17. The molecule has 0 bridgehead atoms. The first-order chi connectivity index (χ1) is 8.20. The van der Waals surface area contributed by atoms with Crippen LogP contribution in [0.2, 0.25) is 5.02 Å². The zero-order chi connectivity index (χ0) is 12.3. The van der Waals surface area contributed by atoms with Gasteiger partial charge in [0.25, 0.3) is 0 Å². The summed E-state index contributed by atoms with van der Waals surface area (Å²) < 4.78 is 18.9. The number of alkyl halides is 1. The average Bonchev–Trinajstić information content (AvgIpc) is 2.34. The van der Waals surface area contributed by atoms with Gasteiger partial charge in [-0.25, -0.2) is 4.39 Å². The summed E-state index contributed by atoms with van der Waals surface area (Å²) in [5.74, 6) is 0.413. The standard InChI is InChI=1S/C13H9BrClFO/c14-8-9-7-10(15)5-6-12(9)17-13-4-2-1-3-11(13)16/h1-7H,8H2. The molecule has 0 aliphatic carbocycles.